The van der Waals surface area contributed by atoms with Gasteiger partial charge in [0, 0.05) is 57.8 Å². The summed E-state index contributed by atoms with van der Waals surface area (Å²) in [4.78, 5) is 43.6. The molecule has 0 spiro atoms. The van der Waals surface area contributed by atoms with Crippen molar-refractivity contribution in [2.45, 2.75) is 12.8 Å². The van der Waals surface area contributed by atoms with Gasteiger partial charge in [-0.2, -0.15) is 0 Å². The van der Waals surface area contributed by atoms with Crippen LogP contribution in [-0.2, 0) is 6.42 Å². The fourth-order valence-electron chi connectivity index (χ4n) is 9.44. The molecular formula is C54H35N9S. The monoisotopic (exact) mass is 841 g/mol. The highest BCUT2D eigenvalue weighted by atomic mass is 32.1. The van der Waals surface area contributed by atoms with Crippen molar-refractivity contribution in [2.75, 3.05) is 11.4 Å². The number of aromatic nitrogens is 8. The molecule has 0 amide bonds. The van der Waals surface area contributed by atoms with Crippen LogP contribution in [0.2, 0.25) is 0 Å². The SMILES string of the molecule is c1c[nH]c(-c2c(-c3nc4ccccc4s3)c(-c3ccc4ccccc4n3)c(N3CCCc4ccccc43)c3c(-c4nccc5ccccc45)nc(-c4cnc5ccccc5n4)nc23)c1. The molecule has 0 fully saturated rings. The predicted octanol–water partition coefficient (Wildman–Crippen LogP) is 13.0. The van der Waals surface area contributed by atoms with Crippen LogP contribution in [0.3, 0.4) is 0 Å². The Morgan fingerprint density at radius 1 is 0.547 bits per heavy atom. The first-order valence-electron chi connectivity index (χ1n) is 21.4. The van der Waals surface area contributed by atoms with Crippen LogP contribution in [0.1, 0.15) is 12.0 Å². The van der Waals surface area contributed by atoms with Gasteiger partial charge in [0.2, 0.25) is 0 Å². The number of rotatable bonds is 6. The molecule has 1 aliphatic heterocycles. The number of anilines is 2. The first-order valence-corrected chi connectivity index (χ1v) is 22.2. The van der Waals surface area contributed by atoms with Crippen molar-refractivity contribution in [3.63, 3.8) is 0 Å². The summed E-state index contributed by atoms with van der Waals surface area (Å²) < 4.78 is 1.09. The van der Waals surface area contributed by atoms with Crippen molar-refractivity contribution in [3.8, 4) is 56.0 Å². The molecule has 64 heavy (non-hydrogen) atoms. The van der Waals surface area contributed by atoms with E-state index in [0.717, 1.165) is 123 Å². The quantitative estimate of drug-likeness (QED) is 0.176. The number of thiazole rings is 1. The second-order valence-electron chi connectivity index (χ2n) is 16.1. The number of aryl methyl sites for hydroxylation is 1. The smallest absolute Gasteiger partial charge is 0.181 e. The Labute approximate surface area is 370 Å². The molecule has 0 unspecified atom stereocenters. The summed E-state index contributed by atoms with van der Waals surface area (Å²) in [7, 11) is 0. The van der Waals surface area contributed by atoms with Crippen molar-refractivity contribution < 1.29 is 0 Å². The van der Waals surface area contributed by atoms with Crippen LogP contribution in [0.4, 0.5) is 11.4 Å². The average molecular weight is 842 g/mol. The molecule has 302 valence electrons. The van der Waals surface area contributed by atoms with Crippen molar-refractivity contribution in [1.82, 2.24) is 39.9 Å². The molecule has 13 rings (SSSR count). The lowest BCUT2D eigenvalue weighted by atomic mass is 9.87. The highest BCUT2D eigenvalue weighted by molar-refractivity contribution is 7.21. The molecule has 7 heterocycles. The second-order valence-corrected chi connectivity index (χ2v) is 17.1. The summed E-state index contributed by atoms with van der Waals surface area (Å²) in [5.74, 6) is 0.445. The molecule has 0 atom stereocenters. The van der Waals surface area contributed by atoms with Gasteiger partial charge in [0.15, 0.2) is 5.82 Å². The Morgan fingerprint density at radius 2 is 1.33 bits per heavy atom. The molecule has 6 aromatic heterocycles. The molecule has 0 saturated carbocycles. The van der Waals surface area contributed by atoms with E-state index in [9.17, 15) is 0 Å². The largest absolute Gasteiger partial charge is 0.361 e. The zero-order valence-corrected chi connectivity index (χ0v) is 35.1. The van der Waals surface area contributed by atoms with E-state index in [4.69, 9.17) is 34.9 Å². The second kappa shape index (κ2) is 14.7. The minimum absolute atomic E-state index is 0.445. The lowest BCUT2D eigenvalue weighted by molar-refractivity contribution is 0.768. The molecule has 1 N–H and O–H groups in total. The third-order valence-electron chi connectivity index (χ3n) is 12.3. The maximum Gasteiger partial charge on any atom is 0.181 e. The molecular weight excluding hydrogens is 807 g/mol. The van der Waals surface area contributed by atoms with E-state index < -0.39 is 0 Å². The van der Waals surface area contributed by atoms with Gasteiger partial charge >= 0.3 is 0 Å². The number of hydrogen-bond donors (Lipinski definition) is 1. The van der Waals surface area contributed by atoms with Gasteiger partial charge in [-0.1, -0.05) is 91.0 Å². The van der Waals surface area contributed by atoms with Gasteiger partial charge in [0.25, 0.3) is 0 Å². The number of pyridine rings is 2. The molecule has 0 aliphatic carbocycles. The molecule has 10 heteroatoms. The summed E-state index contributed by atoms with van der Waals surface area (Å²) in [5, 5.41) is 4.82. The molecule has 1 aliphatic rings. The first-order chi connectivity index (χ1) is 31.7. The first kappa shape index (κ1) is 36.4. The third-order valence-corrected chi connectivity index (χ3v) is 13.4. The van der Waals surface area contributed by atoms with Gasteiger partial charge in [-0.3, -0.25) is 9.97 Å². The van der Waals surface area contributed by atoms with Gasteiger partial charge in [0.1, 0.15) is 16.4 Å². The van der Waals surface area contributed by atoms with Crippen LogP contribution in [0.5, 0.6) is 0 Å². The van der Waals surface area contributed by atoms with Crippen LogP contribution >= 0.6 is 11.3 Å². The highest BCUT2D eigenvalue weighted by Gasteiger charge is 2.34. The topological polar surface area (TPSA) is 109 Å². The maximum atomic E-state index is 5.68. The van der Waals surface area contributed by atoms with Gasteiger partial charge in [-0.05, 0) is 84.5 Å². The van der Waals surface area contributed by atoms with Crippen LogP contribution in [0, 0.1) is 0 Å². The number of benzene rings is 6. The van der Waals surface area contributed by atoms with Gasteiger partial charge in [-0.25, -0.2) is 24.9 Å². The summed E-state index contributed by atoms with van der Waals surface area (Å²) in [6.45, 7) is 0.758. The number of nitrogens with zero attached hydrogens (tertiary/aromatic N) is 8. The molecule has 0 radical (unpaired) electrons. The number of hydrogen-bond acceptors (Lipinski definition) is 9. The summed E-state index contributed by atoms with van der Waals surface area (Å²) in [6.07, 6.45) is 7.55. The Hall–Kier alpha value is -8.21. The molecule has 0 bridgehead atoms. The Morgan fingerprint density at radius 3 is 2.22 bits per heavy atom. The van der Waals surface area contributed by atoms with E-state index >= 15 is 0 Å². The lowest BCUT2D eigenvalue weighted by Gasteiger charge is -2.35. The van der Waals surface area contributed by atoms with E-state index in [1.165, 1.54) is 5.56 Å². The van der Waals surface area contributed by atoms with E-state index in [2.05, 4.69) is 125 Å². The summed E-state index contributed by atoms with van der Waals surface area (Å²) in [5.41, 5.74) is 14.0. The van der Waals surface area contributed by atoms with Crippen molar-refractivity contribution >= 4 is 76.5 Å². The van der Waals surface area contributed by atoms with Gasteiger partial charge in [-0.15, -0.1) is 11.3 Å². The van der Waals surface area contributed by atoms with Crippen LogP contribution in [0.25, 0.3) is 110 Å². The van der Waals surface area contributed by atoms with E-state index in [-0.39, 0.29) is 0 Å². The standard InChI is InChI=1S/C54H35N9S/c1-4-17-35-32(13-1)27-29-56-49(35)51-48-50(61-53(62-51)42-31-57-37-19-6-7-20-38(37)59-42)45(40-22-11-28-55-40)47(54-60-39-21-8-10-24-44(39)64-54)46(41-26-25-33-14-2-5-18-36(33)58-41)52(48)63-30-12-16-34-15-3-9-23-43(34)63/h1-11,13-15,17-29,31,55H,12,16,30H2. The lowest BCUT2D eigenvalue weighted by Crippen LogP contribution is -2.26. The normalized spacial score (nSPS) is 12.8. The zero-order chi connectivity index (χ0) is 42.1. The Kier molecular flexibility index (Phi) is 8.38. The highest BCUT2D eigenvalue weighted by Crippen LogP contribution is 2.55. The minimum atomic E-state index is 0.445. The zero-order valence-electron chi connectivity index (χ0n) is 34.3. The number of nitrogens with one attached hydrogen (secondary N) is 1. The summed E-state index contributed by atoms with van der Waals surface area (Å²) >= 11 is 1.68. The Bertz CT molecular complexity index is 3770. The van der Waals surface area contributed by atoms with Gasteiger partial charge in [0.05, 0.1) is 60.9 Å². The van der Waals surface area contributed by atoms with Crippen molar-refractivity contribution in [1.29, 1.82) is 0 Å². The van der Waals surface area contributed by atoms with Crippen LogP contribution < -0.4 is 4.90 Å². The minimum Gasteiger partial charge on any atom is -0.361 e. The van der Waals surface area contributed by atoms with Crippen molar-refractivity contribution in [3.05, 3.63) is 176 Å². The van der Waals surface area contributed by atoms with Crippen LogP contribution in [0.15, 0.2) is 170 Å². The maximum absolute atomic E-state index is 5.68. The number of aromatic amines is 1. The number of fused-ring (bicyclic) bond motifs is 6. The molecule has 6 aromatic carbocycles. The molecule has 0 saturated heterocycles. The van der Waals surface area contributed by atoms with Crippen LogP contribution in [-0.4, -0.2) is 46.4 Å². The number of H-pyrrole nitrogens is 1. The van der Waals surface area contributed by atoms with Crippen molar-refractivity contribution in [2.24, 2.45) is 0 Å². The fourth-order valence-corrected chi connectivity index (χ4v) is 10.5. The predicted molar refractivity (Wildman–Crippen MR) is 260 cm³/mol. The third kappa shape index (κ3) is 5.87. The fraction of sp³-hybridized carbons (Fsp3) is 0.0556. The molecule has 9 nitrogen and oxygen atoms in total. The van der Waals surface area contributed by atoms with E-state index in [1.54, 1.807) is 17.5 Å². The molecule has 12 aromatic rings. The van der Waals surface area contributed by atoms with Gasteiger partial charge < -0.3 is 9.88 Å². The Balaban J connectivity index is 1.29. The van der Waals surface area contributed by atoms with E-state index in [1.807, 2.05) is 48.8 Å². The van der Waals surface area contributed by atoms with E-state index in [0.29, 0.717) is 17.2 Å². The average Bonchev–Trinajstić information content (AvgIpc) is 4.06. The summed E-state index contributed by atoms with van der Waals surface area (Å²) in [6, 6.07) is 52.3. The number of para-hydroxylation sites is 5.